The zero-order chi connectivity index (χ0) is 20.4. The van der Waals surface area contributed by atoms with Crippen LogP contribution in [0, 0.1) is 0 Å². The lowest BCUT2D eigenvalue weighted by Crippen LogP contribution is -2.28. The van der Waals surface area contributed by atoms with Gasteiger partial charge in [-0.1, -0.05) is 19.4 Å². The number of benzene rings is 2. The molecule has 152 valence electrons. The van der Waals surface area contributed by atoms with Crippen molar-refractivity contribution in [2.45, 2.75) is 37.1 Å². The Balaban J connectivity index is 1.80. The lowest BCUT2D eigenvalue weighted by Gasteiger charge is -2.19. The Morgan fingerprint density at radius 2 is 1.79 bits per heavy atom. The van der Waals surface area contributed by atoms with Crippen LogP contribution in [-0.4, -0.2) is 21.6 Å². The van der Waals surface area contributed by atoms with Gasteiger partial charge in [0.05, 0.1) is 4.90 Å². The Labute approximate surface area is 160 Å². The third-order valence-corrected chi connectivity index (χ3v) is 5.53. The molecule has 0 fully saturated rings. The van der Waals surface area contributed by atoms with Gasteiger partial charge in [-0.2, -0.15) is 0 Å². The zero-order valence-corrected chi connectivity index (χ0v) is 15.6. The molecule has 2 aromatic carbocycles. The van der Waals surface area contributed by atoms with E-state index in [-0.39, 0.29) is 11.7 Å². The van der Waals surface area contributed by atoms with Crippen molar-refractivity contribution in [3.63, 3.8) is 0 Å². The van der Waals surface area contributed by atoms with E-state index in [0.29, 0.717) is 29.9 Å². The van der Waals surface area contributed by atoms with E-state index in [4.69, 9.17) is 9.47 Å². The fourth-order valence-electron chi connectivity index (χ4n) is 2.79. The second-order valence-electron chi connectivity index (χ2n) is 6.09. The molecule has 1 aliphatic rings. The van der Waals surface area contributed by atoms with Crippen molar-refractivity contribution in [3.05, 3.63) is 48.0 Å². The molecule has 10 heteroatoms. The molecule has 0 aliphatic carbocycles. The molecule has 0 spiro atoms. The summed E-state index contributed by atoms with van der Waals surface area (Å²) in [7, 11) is -3.96. The number of nitrogens with one attached hydrogen (secondary N) is 1. The molecule has 3 rings (SSSR count). The summed E-state index contributed by atoms with van der Waals surface area (Å²) in [6.07, 6.45) is -3.61. The maximum Gasteiger partial charge on any atom is 0.573 e. The average Bonchev–Trinajstić information content (AvgIpc) is 3.08. The molecular weight excluding hydrogens is 399 g/mol. The molecule has 0 amide bonds. The van der Waals surface area contributed by atoms with Crippen molar-refractivity contribution in [2.24, 2.45) is 0 Å². The van der Waals surface area contributed by atoms with Gasteiger partial charge in [0.1, 0.15) is 5.75 Å². The molecule has 6 nitrogen and oxygen atoms in total. The van der Waals surface area contributed by atoms with Gasteiger partial charge in [0.25, 0.3) is 0 Å². The molecular formula is C18H18F3NO5S. The highest BCUT2D eigenvalue weighted by Crippen LogP contribution is 2.35. The highest BCUT2D eigenvalue weighted by atomic mass is 32.2. The molecule has 0 bridgehead atoms. The molecule has 1 aliphatic heterocycles. The van der Waals surface area contributed by atoms with Crippen LogP contribution in [0.1, 0.15) is 31.4 Å². The minimum absolute atomic E-state index is 0.106. The first-order chi connectivity index (χ1) is 13.2. The molecule has 1 N–H and O–H groups in total. The fraction of sp³-hybridized carbons (Fsp3) is 0.333. The molecule has 0 saturated heterocycles. The van der Waals surface area contributed by atoms with Crippen LogP contribution in [0.25, 0.3) is 0 Å². The molecule has 2 aromatic rings. The van der Waals surface area contributed by atoms with Crippen LogP contribution in [0.15, 0.2) is 47.4 Å². The number of hydrogen-bond acceptors (Lipinski definition) is 5. The summed E-state index contributed by atoms with van der Waals surface area (Å²) in [5.41, 5.74) is 0.701. The summed E-state index contributed by atoms with van der Waals surface area (Å²) < 4.78 is 79.1. The van der Waals surface area contributed by atoms with E-state index in [2.05, 4.69) is 9.46 Å². The number of rotatable bonds is 7. The monoisotopic (exact) mass is 417 g/mol. The van der Waals surface area contributed by atoms with Crippen molar-refractivity contribution in [3.8, 4) is 17.2 Å². The Morgan fingerprint density at radius 3 is 2.43 bits per heavy atom. The highest BCUT2D eigenvalue weighted by molar-refractivity contribution is 7.89. The van der Waals surface area contributed by atoms with Crippen LogP contribution < -0.4 is 18.9 Å². The van der Waals surface area contributed by atoms with E-state index in [0.717, 1.165) is 24.3 Å². The number of sulfonamides is 1. The van der Waals surface area contributed by atoms with Gasteiger partial charge >= 0.3 is 6.36 Å². The SMILES string of the molecule is CCC[C@H](NS(=O)(=O)c1ccc(OC(F)(F)F)cc1)c1ccc2c(c1)OCO2. The van der Waals surface area contributed by atoms with Gasteiger partial charge in [-0.15, -0.1) is 13.2 Å². The molecule has 0 unspecified atom stereocenters. The van der Waals surface area contributed by atoms with Crippen LogP contribution in [0.5, 0.6) is 17.2 Å². The predicted molar refractivity (Wildman–Crippen MR) is 93.7 cm³/mol. The topological polar surface area (TPSA) is 73.9 Å². The first-order valence-corrected chi connectivity index (χ1v) is 9.94. The van der Waals surface area contributed by atoms with Crippen LogP contribution in [0.4, 0.5) is 13.2 Å². The first-order valence-electron chi connectivity index (χ1n) is 8.45. The van der Waals surface area contributed by atoms with E-state index >= 15 is 0 Å². The van der Waals surface area contributed by atoms with E-state index in [1.165, 1.54) is 0 Å². The summed E-state index contributed by atoms with van der Waals surface area (Å²) in [5.74, 6) is 0.626. The molecule has 0 saturated carbocycles. The summed E-state index contributed by atoms with van der Waals surface area (Å²) in [6.45, 7) is 2.02. The number of hydrogen-bond donors (Lipinski definition) is 1. The van der Waals surface area contributed by atoms with Crippen molar-refractivity contribution in [2.75, 3.05) is 6.79 Å². The van der Waals surface area contributed by atoms with Gasteiger partial charge < -0.3 is 14.2 Å². The summed E-state index contributed by atoms with van der Waals surface area (Å²) in [4.78, 5) is -0.163. The van der Waals surface area contributed by atoms with Gasteiger partial charge in [-0.3, -0.25) is 0 Å². The minimum atomic E-state index is -4.84. The molecule has 28 heavy (non-hydrogen) atoms. The van der Waals surface area contributed by atoms with Crippen LogP contribution in [0.2, 0.25) is 0 Å². The normalized spacial score (nSPS) is 14.7. The Morgan fingerprint density at radius 1 is 1.11 bits per heavy atom. The van der Waals surface area contributed by atoms with Crippen molar-refractivity contribution in [1.82, 2.24) is 4.72 Å². The fourth-order valence-corrected chi connectivity index (χ4v) is 4.05. The lowest BCUT2D eigenvalue weighted by atomic mass is 10.0. The largest absolute Gasteiger partial charge is 0.573 e. The summed E-state index contributed by atoms with van der Waals surface area (Å²) in [5, 5.41) is 0. The second kappa shape index (κ2) is 7.88. The maximum atomic E-state index is 12.7. The van der Waals surface area contributed by atoms with E-state index in [1.807, 2.05) is 6.92 Å². The predicted octanol–water partition coefficient (Wildman–Crippen LogP) is 4.13. The molecule has 1 heterocycles. The van der Waals surface area contributed by atoms with Gasteiger partial charge in [0.2, 0.25) is 16.8 Å². The smallest absolute Gasteiger partial charge is 0.454 e. The third kappa shape index (κ3) is 4.87. The van der Waals surface area contributed by atoms with Gasteiger partial charge in [0.15, 0.2) is 11.5 Å². The van der Waals surface area contributed by atoms with E-state index in [9.17, 15) is 21.6 Å². The summed E-state index contributed by atoms with van der Waals surface area (Å²) >= 11 is 0. The van der Waals surface area contributed by atoms with Crippen LogP contribution in [-0.2, 0) is 10.0 Å². The van der Waals surface area contributed by atoms with Crippen molar-refractivity contribution >= 4 is 10.0 Å². The molecule has 1 atom stereocenters. The third-order valence-electron chi connectivity index (χ3n) is 4.04. The lowest BCUT2D eigenvalue weighted by molar-refractivity contribution is -0.274. The van der Waals surface area contributed by atoms with Crippen LogP contribution in [0.3, 0.4) is 0 Å². The number of ether oxygens (including phenoxy) is 3. The summed E-state index contributed by atoms with van der Waals surface area (Å²) in [6, 6.07) is 8.67. The minimum Gasteiger partial charge on any atom is -0.454 e. The average molecular weight is 417 g/mol. The van der Waals surface area contributed by atoms with E-state index < -0.39 is 28.2 Å². The number of fused-ring (bicyclic) bond motifs is 1. The van der Waals surface area contributed by atoms with Gasteiger partial charge in [-0.25, -0.2) is 13.1 Å². The standard InChI is InChI=1S/C18H18F3NO5S/c1-2-3-15(12-4-9-16-17(10-12)26-11-25-16)22-28(23,24)14-7-5-13(6-8-14)27-18(19,20)21/h4-10,15,22H,2-3,11H2,1H3/t15-/m0/s1. The van der Waals surface area contributed by atoms with E-state index in [1.54, 1.807) is 18.2 Å². The van der Waals surface area contributed by atoms with Crippen molar-refractivity contribution in [1.29, 1.82) is 0 Å². The second-order valence-corrected chi connectivity index (χ2v) is 7.81. The van der Waals surface area contributed by atoms with Crippen molar-refractivity contribution < 1.29 is 35.8 Å². The quantitative estimate of drug-likeness (QED) is 0.733. The Bertz CT molecular complexity index is 929. The maximum absolute atomic E-state index is 12.7. The number of halogens is 3. The molecule has 0 aromatic heterocycles. The Kier molecular flexibility index (Phi) is 5.71. The molecule has 0 radical (unpaired) electrons. The highest BCUT2D eigenvalue weighted by Gasteiger charge is 2.31. The van der Waals surface area contributed by atoms with Crippen LogP contribution >= 0.6 is 0 Å². The van der Waals surface area contributed by atoms with Gasteiger partial charge in [0, 0.05) is 6.04 Å². The Hall–Kier alpha value is -2.46. The first kappa shape index (κ1) is 20.3. The van der Waals surface area contributed by atoms with Gasteiger partial charge in [-0.05, 0) is 48.4 Å². The zero-order valence-electron chi connectivity index (χ0n) is 14.8. The number of alkyl halides is 3.